The minimum Gasteiger partial charge on any atom is -0.331 e. The van der Waals surface area contributed by atoms with Crippen molar-refractivity contribution < 1.29 is 4.79 Å². The molecule has 0 saturated heterocycles. The van der Waals surface area contributed by atoms with Gasteiger partial charge in [0, 0.05) is 24.8 Å². The van der Waals surface area contributed by atoms with E-state index in [4.69, 9.17) is 4.98 Å². The lowest BCUT2D eigenvalue weighted by Gasteiger charge is -2.18. The summed E-state index contributed by atoms with van der Waals surface area (Å²) in [5.41, 5.74) is 5.79. The molecule has 3 aromatic rings. The van der Waals surface area contributed by atoms with Gasteiger partial charge >= 0.3 is 0 Å². The number of amides is 1. The second-order valence-corrected chi connectivity index (χ2v) is 7.40. The lowest BCUT2D eigenvalue weighted by Crippen LogP contribution is -2.31. The summed E-state index contributed by atoms with van der Waals surface area (Å²) in [4.78, 5) is 24.1. The Morgan fingerprint density at radius 2 is 1.87 bits per heavy atom. The fourth-order valence-corrected chi connectivity index (χ4v) is 3.90. The summed E-state index contributed by atoms with van der Waals surface area (Å²) in [5, 5.41) is 4.43. The summed E-state index contributed by atoms with van der Waals surface area (Å²) < 4.78 is 1.64. The van der Waals surface area contributed by atoms with Gasteiger partial charge in [-0.2, -0.15) is 5.10 Å². The van der Waals surface area contributed by atoms with E-state index in [1.165, 1.54) is 5.56 Å². The van der Waals surface area contributed by atoms with E-state index < -0.39 is 0 Å². The van der Waals surface area contributed by atoms with Crippen LogP contribution in [-0.4, -0.2) is 43.6 Å². The van der Waals surface area contributed by atoms with Crippen LogP contribution >= 0.6 is 0 Å². The first-order valence-electron chi connectivity index (χ1n) is 10.1. The normalized spacial score (nSPS) is 12.4. The minimum atomic E-state index is -0.112. The van der Waals surface area contributed by atoms with Gasteiger partial charge in [-0.1, -0.05) is 36.4 Å². The first-order valence-corrected chi connectivity index (χ1v) is 10.1. The number of carbonyl (C=O) groups excluding carboxylic acids is 1. The number of benzene rings is 1. The zero-order valence-electron chi connectivity index (χ0n) is 17.2. The second-order valence-electron chi connectivity index (χ2n) is 7.40. The number of rotatable bonds is 6. The molecule has 2 heterocycles. The number of aromatic nitrogens is 4. The van der Waals surface area contributed by atoms with E-state index in [0.717, 1.165) is 36.1 Å². The number of carbonyl (C=O) groups is 1. The molecule has 1 aromatic carbocycles. The molecule has 1 aliphatic carbocycles. The molecule has 0 N–H and O–H groups in total. The van der Waals surface area contributed by atoms with Gasteiger partial charge in [0.25, 0.3) is 11.9 Å². The summed E-state index contributed by atoms with van der Waals surface area (Å²) >= 11 is 0. The predicted molar refractivity (Wildman–Crippen MR) is 118 cm³/mol. The molecule has 0 spiro atoms. The fourth-order valence-electron chi connectivity index (χ4n) is 3.90. The van der Waals surface area contributed by atoms with Crippen LogP contribution in [0.2, 0.25) is 0 Å². The largest absolute Gasteiger partial charge is 0.331 e. The topological polar surface area (TPSA) is 63.9 Å². The van der Waals surface area contributed by atoms with Crippen LogP contribution in [0, 0.1) is 6.92 Å². The Balaban J connectivity index is 1.74. The Kier molecular flexibility index (Phi) is 5.57. The van der Waals surface area contributed by atoms with Gasteiger partial charge in [0.05, 0.1) is 23.1 Å². The SMILES string of the molecule is C=CCN(CC=C)C(=O)c1cnn(-c2ncc3c(n2)-c2ccccc2CCC3)c1C. The molecule has 1 aliphatic rings. The van der Waals surface area contributed by atoms with E-state index in [9.17, 15) is 4.79 Å². The Bertz CT molecular complexity index is 1100. The van der Waals surface area contributed by atoms with Gasteiger partial charge in [0.15, 0.2) is 0 Å². The first-order chi connectivity index (χ1) is 14.6. The van der Waals surface area contributed by atoms with Gasteiger partial charge in [-0.25, -0.2) is 14.6 Å². The van der Waals surface area contributed by atoms with E-state index in [0.29, 0.717) is 30.3 Å². The van der Waals surface area contributed by atoms with Crippen LogP contribution in [-0.2, 0) is 12.8 Å². The van der Waals surface area contributed by atoms with Crippen molar-refractivity contribution >= 4 is 5.91 Å². The molecule has 152 valence electrons. The molecule has 0 fully saturated rings. The van der Waals surface area contributed by atoms with Crippen LogP contribution in [0.3, 0.4) is 0 Å². The zero-order valence-corrected chi connectivity index (χ0v) is 17.2. The van der Waals surface area contributed by atoms with Crippen molar-refractivity contribution in [3.8, 4) is 17.2 Å². The van der Waals surface area contributed by atoms with Gasteiger partial charge in [0.1, 0.15) is 0 Å². The predicted octanol–water partition coefficient (Wildman–Crippen LogP) is 3.94. The number of hydrogen-bond acceptors (Lipinski definition) is 4. The van der Waals surface area contributed by atoms with Crippen molar-refractivity contribution in [1.82, 2.24) is 24.6 Å². The molecule has 0 unspecified atom stereocenters. The van der Waals surface area contributed by atoms with E-state index >= 15 is 0 Å². The second kappa shape index (κ2) is 8.45. The van der Waals surface area contributed by atoms with Crippen LogP contribution in [0.15, 0.2) is 62.0 Å². The summed E-state index contributed by atoms with van der Waals surface area (Å²) in [5.74, 6) is 0.361. The summed E-state index contributed by atoms with van der Waals surface area (Å²) in [6.07, 6.45) is 9.94. The van der Waals surface area contributed by atoms with E-state index in [1.807, 2.05) is 19.2 Å². The highest BCUT2D eigenvalue weighted by Gasteiger charge is 2.22. The van der Waals surface area contributed by atoms with Crippen LogP contribution in [0.5, 0.6) is 0 Å². The first kappa shape index (κ1) is 19.8. The number of hydrogen-bond donors (Lipinski definition) is 0. The maximum Gasteiger partial charge on any atom is 0.257 e. The molecule has 0 bridgehead atoms. The highest BCUT2D eigenvalue weighted by molar-refractivity contribution is 5.95. The molecular formula is C24H25N5O. The molecule has 0 saturated carbocycles. The summed E-state index contributed by atoms with van der Waals surface area (Å²) in [7, 11) is 0. The highest BCUT2D eigenvalue weighted by Crippen LogP contribution is 2.31. The van der Waals surface area contributed by atoms with E-state index in [2.05, 4.69) is 41.4 Å². The van der Waals surface area contributed by atoms with Gasteiger partial charge in [-0.15, -0.1) is 13.2 Å². The molecule has 0 radical (unpaired) electrons. The molecule has 6 heteroatoms. The van der Waals surface area contributed by atoms with Crippen molar-refractivity contribution in [3.05, 3.63) is 84.4 Å². The van der Waals surface area contributed by atoms with E-state index in [-0.39, 0.29) is 5.91 Å². The molecule has 4 rings (SSSR count). The summed E-state index contributed by atoms with van der Waals surface area (Å²) in [6, 6.07) is 8.39. The highest BCUT2D eigenvalue weighted by atomic mass is 16.2. The maximum atomic E-state index is 13.0. The number of nitrogens with zero attached hydrogens (tertiary/aromatic N) is 5. The van der Waals surface area contributed by atoms with Crippen molar-refractivity contribution in [1.29, 1.82) is 0 Å². The molecule has 30 heavy (non-hydrogen) atoms. The summed E-state index contributed by atoms with van der Waals surface area (Å²) in [6.45, 7) is 10.2. The van der Waals surface area contributed by atoms with Crippen molar-refractivity contribution in [2.75, 3.05) is 13.1 Å². The maximum absolute atomic E-state index is 13.0. The van der Waals surface area contributed by atoms with Crippen LogP contribution in [0.25, 0.3) is 17.2 Å². The Labute approximate surface area is 176 Å². The van der Waals surface area contributed by atoms with Crippen LogP contribution < -0.4 is 0 Å². The van der Waals surface area contributed by atoms with Gasteiger partial charge < -0.3 is 4.90 Å². The lowest BCUT2D eigenvalue weighted by atomic mass is 10.0. The Morgan fingerprint density at radius 3 is 2.63 bits per heavy atom. The van der Waals surface area contributed by atoms with Crippen LogP contribution in [0.4, 0.5) is 0 Å². The Morgan fingerprint density at radius 1 is 1.13 bits per heavy atom. The lowest BCUT2D eigenvalue weighted by molar-refractivity contribution is 0.0790. The van der Waals surface area contributed by atoms with Crippen LogP contribution in [0.1, 0.15) is 33.6 Å². The standard InChI is InChI=1S/C24H25N5O/c1-4-13-28(14-5-2)23(30)21-16-26-29(17(21)3)24-25-15-19-11-8-10-18-9-6-7-12-20(18)22(19)27-24/h4-7,9,12,15-16H,1-2,8,10-11,13-14H2,3H3. The monoisotopic (exact) mass is 399 g/mol. The van der Waals surface area contributed by atoms with Gasteiger partial charge in [-0.3, -0.25) is 4.79 Å². The number of fused-ring (bicyclic) bond motifs is 3. The molecule has 1 amide bonds. The zero-order chi connectivity index (χ0) is 21.1. The number of aryl methyl sites for hydroxylation is 2. The van der Waals surface area contributed by atoms with Crippen molar-refractivity contribution in [2.24, 2.45) is 0 Å². The average molecular weight is 399 g/mol. The van der Waals surface area contributed by atoms with Gasteiger partial charge in [0.2, 0.25) is 0 Å². The molecular weight excluding hydrogens is 374 g/mol. The van der Waals surface area contributed by atoms with Crippen molar-refractivity contribution in [2.45, 2.75) is 26.2 Å². The third-order valence-electron chi connectivity index (χ3n) is 5.43. The third kappa shape index (κ3) is 3.56. The van der Waals surface area contributed by atoms with Gasteiger partial charge in [-0.05, 0) is 37.3 Å². The Hall–Kier alpha value is -3.54. The third-order valence-corrected chi connectivity index (χ3v) is 5.43. The smallest absolute Gasteiger partial charge is 0.257 e. The quantitative estimate of drug-likeness (QED) is 0.589. The molecule has 0 aliphatic heterocycles. The molecule has 2 aromatic heterocycles. The van der Waals surface area contributed by atoms with Crippen molar-refractivity contribution in [3.63, 3.8) is 0 Å². The minimum absolute atomic E-state index is 0.112. The van der Waals surface area contributed by atoms with E-state index in [1.54, 1.807) is 27.9 Å². The fraction of sp³-hybridized carbons (Fsp3) is 0.250. The molecule has 6 nitrogen and oxygen atoms in total. The average Bonchev–Trinajstić information content (AvgIpc) is 3.04. The molecule has 0 atom stereocenters.